The molecular formula is C15H12N2O. The Balaban J connectivity index is 2.14. The predicted octanol–water partition coefficient (Wildman–Crippen LogP) is 3.30. The van der Waals surface area contributed by atoms with Gasteiger partial charge in [0.05, 0.1) is 6.07 Å². The van der Waals surface area contributed by atoms with Gasteiger partial charge in [0.25, 0.3) is 0 Å². The van der Waals surface area contributed by atoms with Crippen LogP contribution in [-0.2, 0) is 0 Å². The van der Waals surface area contributed by atoms with E-state index in [-0.39, 0.29) is 0 Å². The average molecular weight is 236 g/mol. The van der Waals surface area contributed by atoms with Gasteiger partial charge in [0.2, 0.25) is 0 Å². The minimum Gasteiger partial charge on any atom is -0.457 e. The first-order valence-corrected chi connectivity index (χ1v) is 5.48. The van der Waals surface area contributed by atoms with Crippen molar-refractivity contribution in [2.75, 3.05) is 0 Å². The van der Waals surface area contributed by atoms with E-state index in [1.807, 2.05) is 60.7 Å². The first kappa shape index (κ1) is 11.7. The number of hydrogen-bond acceptors (Lipinski definition) is 3. The summed E-state index contributed by atoms with van der Waals surface area (Å²) in [6.45, 7) is 0. The second-order valence-corrected chi connectivity index (χ2v) is 3.67. The molecule has 18 heavy (non-hydrogen) atoms. The summed E-state index contributed by atoms with van der Waals surface area (Å²) in [6, 6.07) is 18.7. The van der Waals surface area contributed by atoms with E-state index in [4.69, 9.17) is 15.7 Å². The van der Waals surface area contributed by atoms with Crippen LogP contribution in [0.4, 0.5) is 0 Å². The standard InChI is InChI=1S/C15H12N2O/c16-11-10-15(17)12-6-8-14(9-7-12)18-13-4-2-1-3-5-13/h1-10H,17H2/b15-10+. The molecule has 0 bridgehead atoms. The molecule has 2 aromatic rings. The summed E-state index contributed by atoms with van der Waals surface area (Å²) in [7, 11) is 0. The molecule has 0 atom stereocenters. The van der Waals surface area contributed by atoms with Crippen LogP contribution in [0.15, 0.2) is 60.7 Å². The lowest BCUT2D eigenvalue weighted by molar-refractivity contribution is 0.482. The van der Waals surface area contributed by atoms with Crippen molar-refractivity contribution in [2.24, 2.45) is 5.73 Å². The highest BCUT2D eigenvalue weighted by Gasteiger charge is 1.99. The van der Waals surface area contributed by atoms with Crippen LogP contribution in [0.3, 0.4) is 0 Å². The van der Waals surface area contributed by atoms with Crippen LogP contribution in [0.5, 0.6) is 11.5 Å². The number of hydrogen-bond donors (Lipinski definition) is 1. The van der Waals surface area contributed by atoms with Crippen LogP contribution in [-0.4, -0.2) is 0 Å². The molecule has 0 saturated heterocycles. The zero-order chi connectivity index (χ0) is 12.8. The molecule has 0 fully saturated rings. The molecule has 3 nitrogen and oxygen atoms in total. The number of rotatable bonds is 3. The maximum absolute atomic E-state index is 8.52. The summed E-state index contributed by atoms with van der Waals surface area (Å²) in [6.07, 6.45) is 1.31. The summed E-state index contributed by atoms with van der Waals surface area (Å²) in [4.78, 5) is 0. The first-order valence-electron chi connectivity index (χ1n) is 5.48. The third kappa shape index (κ3) is 2.89. The second-order valence-electron chi connectivity index (χ2n) is 3.67. The van der Waals surface area contributed by atoms with Gasteiger partial charge in [-0.3, -0.25) is 0 Å². The van der Waals surface area contributed by atoms with Crippen LogP contribution >= 0.6 is 0 Å². The molecule has 0 aliphatic rings. The van der Waals surface area contributed by atoms with Gasteiger partial charge in [-0.2, -0.15) is 5.26 Å². The van der Waals surface area contributed by atoms with Gasteiger partial charge >= 0.3 is 0 Å². The van der Waals surface area contributed by atoms with Crippen LogP contribution < -0.4 is 10.5 Å². The van der Waals surface area contributed by atoms with Gasteiger partial charge in [-0.15, -0.1) is 0 Å². The van der Waals surface area contributed by atoms with Gasteiger partial charge in [0.1, 0.15) is 11.5 Å². The Kier molecular flexibility index (Phi) is 3.62. The Labute approximate surface area is 106 Å². The van der Waals surface area contributed by atoms with Crippen molar-refractivity contribution >= 4 is 5.70 Å². The van der Waals surface area contributed by atoms with Crippen molar-refractivity contribution < 1.29 is 4.74 Å². The van der Waals surface area contributed by atoms with E-state index in [1.165, 1.54) is 6.08 Å². The number of nitriles is 1. The predicted molar refractivity (Wildman–Crippen MR) is 70.7 cm³/mol. The maximum Gasteiger partial charge on any atom is 0.127 e. The Morgan fingerprint density at radius 1 is 1.00 bits per heavy atom. The molecule has 0 heterocycles. The molecule has 88 valence electrons. The van der Waals surface area contributed by atoms with E-state index in [0.717, 1.165) is 17.1 Å². The van der Waals surface area contributed by atoms with Crippen LogP contribution in [0, 0.1) is 11.3 Å². The monoisotopic (exact) mass is 236 g/mol. The zero-order valence-electron chi connectivity index (χ0n) is 9.71. The lowest BCUT2D eigenvalue weighted by atomic mass is 10.1. The van der Waals surface area contributed by atoms with E-state index >= 15 is 0 Å². The highest BCUT2D eigenvalue weighted by molar-refractivity contribution is 5.65. The highest BCUT2D eigenvalue weighted by atomic mass is 16.5. The van der Waals surface area contributed by atoms with Gasteiger partial charge in [0, 0.05) is 11.8 Å². The van der Waals surface area contributed by atoms with Crippen molar-refractivity contribution in [1.29, 1.82) is 5.26 Å². The summed E-state index contributed by atoms with van der Waals surface area (Å²) in [5.74, 6) is 1.51. The van der Waals surface area contributed by atoms with Gasteiger partial charge in [-0.05, 0) is 42.0 Å². The molecule has 0 aliphatic heterocycles. The van der Waals surface area contributed by atoms with E-state index in [2.05, 4.69) is 0 Å². The molecule has 0 aromatic heterocycles. The van der Waals surface area contributed by atoms with Crippen molar-refractivity contribution in [3.8, 4) is 17.6 Å². The zero-order valence-corrected chi connectivity index (χ0v) is 9.71. The number of para-hydroxylation sites is 1. The molecule has 2 aromatic carbocycles. The third-order valence-corrected chi connectivity index (χ3v) is 2.39. The molecule has 0 amide bonds. The van der Waals surface area contributed by atoms with Crippen molar-refractivity contribution in [3.05, 3.63) is 66.2 Å². The Morgan fingerprint density at radius 2 is 1.61 bits per heavy atom. The van der Waals surface area contributed by atoms with Gasteiger partial charge < -0.3 is 10.5 Å². The molecule has 2 N–H and O–H groups in total. The molecule has 0 unspecified atom stereocenters. The quantitative estimate of drug-likeness (QED) is 0.832. The van der Waals surface area contributed by atoms with Crippen molar-refractivity contribution in [2.45, 2.75) is 0 Å². The molecule has 0 aliphatic carbocycles. The highest BCUT2D eigenvalue weighted by Crippen LogP contribution is 2.22. The fraction of sp³-hybridized carbons (Fsp3) is 0. The number of allylic oxidation sites excluding steroid dienone is 1. The third-order valence-electron chi connectivity index (χ3n) is 2.39. The number of ether oxygens (including phenoxy) is 1. The molecule has 0 spiro atoms. The van der Waals surface area contributed by atoms with E-state index in [9.17, 15) is 0 Å². The second kappa shape index (κ2) is 5.55. The molecular weight excluding hydrogens is 224 g/mol. The Hall–Kier alpha value is -2.73. The summed E-state index contributed by atoms with van der Waals surface area (Å²) in [5, 5.41) is 8.52. The molecule has 0 saturated carbocycles. The number of nitrogens with zero attached hydrogens (tertiary/aromatic N) is 1. The van der Waals surface area contributed by atoms with Crippen LogP contribution in [0.1, 0.15) is 5.56 Å². The Bertz CT molecular complexity index is 580. The van der Waals surface area contributed by atoms with Crippen molar-refractivity contribution in [1.82, 2.24) is 0 Å². The van der Waals surface area contributed by atoms with E-state index in [1.54, 1.807) is 0 Å². The van der Waals surface area contributed by atoms with Gasteiger partial charge in [0.15, 0.2) is 0 Å². The topological polar surface area (TPSA) is 59.0 Å². The largest absolute Gasteiger partial charge is 0.457 e. The maximum atomic E-state index is 8.52. The van der Waals surface area contributed by atoms with Gasteiger partial charge in [-0.25, -0.2) is 0 Å². The van der Waals surface area contributed by atoms with Gasteiger partial charge in [-0.1, -0.05) is 18.2 Å². The van der Waals surface area contributed by atoms with E-state index in [0.29, 0.717) is 5.70 Å². The molecule has 3 heteroatoms. The summed E-state index contributed by atoms with van der Waals surface area (Å²) >= 11 is 0. The first-order chi connectivity index (χ1) is 8.79. The normalized spacial score (nSPS) is 10.7. The minimum absolute atomic E-state index is 0.448. The minimum atomic E-state index is 0.448. The average Bonchev–Trinajstić information content (AvgIpc) is 2.41. The lowest BCUT2D eigenvalue weighted by Crippen LogP contribution is -1.95. The molecule has 0 radical (unpaired) electrons. The number of benzene rings is 2. The van der Waals surface area contributed by atoms with Crippen molar-refractivity contribution in [3.63, 3.8) is 0 Å². The fourth-order valence-corrected chi connectivity index (χ4v) is 1.49. The molecule has 2 rings (SSSR count). The van der Waals surface area contributed by atoms with Crippen LogP contribution in [0.2, 0.25) is 0 Å². The fourth-order valence-electron chi connectivity index (χ4n) is 1.49. The van der Waals surface area contributed by atoms with Crippen LogP contribution in [0.25, 0.3) is 5.70 Å². The summed E-state index contributed by atoms with van der Waals surface area (Å²) < 4.78 is 5.65. The lowest BCUT2D eigenvalue weighted by Gasteiger charge is -2.06. The smallest absolute Gasteiger partial charge is 0.127 e. The number of nitrogens with two attached hydrogens (primary N) is 1. The summed E-state index contributed by atoms with van der Waals surface area (Å²) in [5.41, 5.74) is 6.96. The van der Waals surface area contributed by atoms with E-state index < -0.39 is 0 Å². The Morgan fingerprint density at radius 3 is 2.22 bits per heavy atom. The SMILES string of the molecule is N#C/C=C(/N)c1ccc(Oc2ccccc2)cc1.